The molecule has 0 N–H and O–H groups in total. The van der Waals surface area contributed by atoms with E-state index >= 15 is 0 Å². The third kappa shape index (κ3) is 3.28. The van der Waals surface area contributed by atoms with E-state index in [1.54, 1.807) is 29.2 Å². The number of carbonyl (C=O) groups is 1. The maximum atomic E-state index is 12.3. The lowest BCUT2D eigenvalue weighted by Crippen LogP contribution is -2.48. The fourth-order valence-electron chi connectivity index (χ4n) is 2.26. The number of amides is 1. The summed E-state index contributed by atoms with van der Waals surface area (Å²) in [5.74, 6) is -0.0244. The lowest BCUT2D eigenvalue weighted by Gasteiger charge is -2.35. The Kier molecular flexibility index (Phi) is 4.10. The predicted octanol–water partition coefficient (Wildman–Crippen LogP) is 1.90. The van der Waals surface area contributed by atoms with Gasteiger partial charge in [0.15, 0.2) is 0 Å². The third-order valence-corrected chi connectivity index (χ3v) is 3.00. The van der Waals surface area contributed by atoms with Crippen LogP contribution in [0.25, 0.3) is 0 Å². The topological polar surface area (TPSA) is 59.0 Å². The summed E-state index contributed by atoms with van der Waals surface area (Å²) in [5, 5.41) is 0. The summed E-state index contributed by atoms with van der Waals surface area (Å²) in [5.41, 5.74) is 1.08. The van der Waals surface area contributed by atoms with Crippen LogP contribution in [0.1, 0.15) is 24.2 Å². The van der Waals surface area contributed by atoms with Gasteiger partial charge in [-0.25, -0.2) is 4.79 Å². The summed E-state index contributed by atoms with van der Waals surface area (Å²) in [7, 11) is 0. The average molecular weight is 260 g/mol. The van der Waals surface area contributed by atoms with Gasteiger partial charge in [-0.1, -0.05) is 0 Å². The summed E-state index contributed by atoms with van der Waals surface area (Å²) >= 11 is 0. The van der Waals surface area contributed by atoms with E-state index in [9.17, 15) is 9.59 Å². The number of aliphatic imine (C=N–C) groups is 1. The van der Waals surface area contributed by atoms with E-state index in [1.807, 2.05) is 13.8 Å². The van der Waals surface area contributed by atoms with E-state index in [2.05, 4.69) is 4.99 Å². The van der Waals surface area contributed by atoms with Crippen LogP contribution in [0.3, 0.4) is 0 Å². The number of rotatable bonds is 2. The molecule has 2 unspecified atom stereocenters. The Morgan fingerprint density at radius 3 is 2.37 bits per heavy atom. The first-order valence-corrected chi connectivity index (χ1v) is 6.23. The monoisotopic (exact) mass is 260 g/mol. The molecule has 1 aromatic rings. The summed E-state index contributed by atoms with van der Waals surface area (Å²) in [6.07, 6.45) is 1.57. The van der Waals surface area contributed by atoms with Crippen LogP contribution in [0.2, 0.25) is 0 Å². The molecule has 0 bridgehead atoms. The zero-order valence-corrected chi connectivity index (χ0v) is 11.0. The second kappa shape index (κ2) is 5.78. The molecule has 1 aromatic carbocycles. The Bertz CT molecular complexity index is 496. The lowest BCUT2D eigenvalue weighted by atomic mass is 10.1. The molecule has 1 amide bonds. The van der Waals surface area contributed by atoms with Gasteiger partial charge in [0.2, 0.25) is 6.08 Å². The molecule has 1 heterocycles. The molecule has 0 saturated carbocycles. The fourth-order valence-corrected chi connectivity index (χ4v) is 2.26. The molecule has 19 heavy (non-hydrogen) atoms. The van der Waals surface area contributed by atoms with Crippen molar-refractivity contribution in [1.82, 2.24) is 4.90 Å². The molecular formula is C14H16N2O3. The highest BCUT2D eigenvalue weighted by atomic mass is 16.5. The number of carbonyl (C=O) groups excluding carboxylic acids is 2. The second-order valence-electron chi connectivity index (χ2n) is 4.72. The van der Waals surface area contributed by atoms with E-state index < -0.39 is 0 Å². The summed E-state index contributed by atoms with van der Waals surface area (Å²) in [6, 6.07) is 6.60. The molecule has 0 aliphatic carbocycles. The van der Waals surface area contributed by atoms with Crippen LogP contribution in [0.15, 0.2) is 29.3 Å². The molecule has 2 atom stereocenters. The highest BCUT2D eigenvalue weighted by Gasteiger charge is 2.26. The molecule has 2 rings (SSSR count). The fraction of sp³-hybridized carbons (Fsp3) is 0.429. The Balaban J connectivity index is 2.12. The molecular weight excluding hydrogens is 244 g/mol. The van der Waals surface area contributed by atoms with Crippen molar-refractivity contribution >= 4 is 17.7 Å². The van der Waals surface area contributed by atoms with Crippen molar-refractivity contribution in [3.8, 4) is 0 Å². The van der Waals surface area contributed by atoms with E-state index in [0.29, 0.717) is 24.3 Å². The van der Waals surface area contributed by atoms with E-state index in [0.717, 1.165) is 0 Å². The largest absolute Gasteiger partial charge is 0.372 e. The minimum Gasteiger partial charge on any atom is -0.372 e. The molecule has 1 aliphatic rings. The smallest absolute Gasteiger partial charge is 0.254 e. The molecule has 0 spiro atoms. The van der Waals surface area contributed by atoms with E-state index in [4.69, 9.17) is 4.74 Å². The van der Waals surface area contributed by atoms with Crippen molar-refractivity contribution in [3.63, 3.8) is 0 Å². The first-order valence-electron chi connectivity index (χ1n) is 6.23. The van der Waals surface area contributed by atoms with Crippen molar-refractivity contribution in [2.45, 2.75) is 26.1 Å². The van der Waals surface area contributed by atoms with Crippen LogP contribution in [0, 0.1) is 0 Å². The zero-order chi connectivity index (χ0) is 13.8. The van der Waals surface area contributed by atoms with Gasteiger partial charge in [0, 0.05) is 18.7 Å². The van der Waals surface area contributed by atoms with Gasteiger partial charge in [0.05, 0.1) is 17.9 Å². The number of morpholine rings is 1. The van der Waals surface area contributed by atoms with Gasteiger partial charge in [-0.2, -0.15) is 4.99 Å². The number of ether oxygens (including phenoxy) is 1. The van der Waals surface area contributed by atoms with Gasteiger partial charge in [0.25, 0.3) is 5.91 Å². The van der Waals surface area contributed by atoms with Crippen LogP contribution in [0.4, 0.5) is 5.69 Å². The highest BCUT2D eigenvalue weighted by molar-refractivity contribution is 5.94. The highest BCUT2D eigenvalue weighted by Crippen LogP contribution is 2.17. The number of hydrogen-bond donors (Lipinski definition) is 0. The van der Waals surface area contributed by atoms with Gasteiger partial charge in [-0.3, -0.25) is 4.79 Å². The first-order chi connectivity index (χ1) is 9.10. The van der Waals surface area contributed by atoms with Crippen LogP contribution in [0.5, 0.6) is 0 Å². The van der Waals surface area contributed by atoms with Crippen molar-refractivity contribution in [2.75, 3.05) is 13.1 Å². The summed E-state index contributed by atoms with van der Waals surface area (Å²) in [6.45, 7) is 5.10. The van der Waals surface area contributed by atoms with Crippen LogP contribution >= 0.6 is 0 Å². The van der Waals surface area contributed by atoms with Gasteiger partial charge in [-0.15, -0.1) is 0 Å². The van der Waals surface area contributed by atoms with Gasteiger partial charge >= 0.3 is 0 Å². The molecule has 100 valence electrons. The Morgan fingerprint density at radius 1 is 1.26 bits per heavy atom. The van der Waals surface area contributed by atoms with Crippen molar-refractivity contribution in [1.29, 1.82) is 0 Å². The third-order valence-electron chi connectivity index (χ3n) is 3.00. The van der Waals surface area contributed by atoms with E-state index in [-0.39, 0.29) is 18.1 Å². The number of nitrogens with zero attached hydrogens (tertiary/aromatic N) is 2. The normalized spacial score (nSPS) is 22.7. The SMILES string of the molecule is CC1CN(C(=O)c2ccc(N=C=O)cc2)CC(C)O1. The maximum absolute atomic E-state index is 12.3. The predicted molar refractivity (Wildman–Crippen MR) is 70.1 cm³/mol. The van der Waals surface area contributed by atoms with Gasteiger partial charge in [-0.05, 0) is 38.1 Å². The summed E-state index contributed by atoms with van der Waals surface area (Å²) < 4.78 is 5.60. The number of benzene rings is 1. The second-order valence-corrected chi connectivity index (χ2v) is 4.72. The maximum Gasteiger partial charge on any atom is 0.254 e. The Labute approximate surface area is 111 Å². The van der Waals surface area contributed by atoms with Crippen molar-refractivity contribution in [3.05, 3.63) is 29.8 Å². The minimum atomic E-state index is -0.0244. The van der Waals surface area contributed by atoms with Crippen LogP contribution in [-0.4, -0.2) is 42.2 Å². The molecule has 0 aromatic heterocycles. The van der Waals surface area contributed by atoms with Gasteiger partial charge < -0.3 is 9.64 Å². The molecule has 1 aliphatic heterocycles. The van der Waals surface area contributed by atoms with Crippen LogP contribution in [-0.2, 0) is 9.53 Å². The van der Waals surface area contributed by atoms with Crippen molar-refractivity contribution in [2.24, 2.45) is 4.99 Å². The molecule has 5 nitrogen and oxygen atoms in total. The first kappa shape index (κ1) is 13.5. The lowest BCUT2D eigenvalue weighted by molar-refractivity contribution is -0.0586. The standard InChI is InChI=1S/C14H16N2O3/c1-10-7-16(8-11(2)19-10)14(18)12-3-5-13(6-4-12)15-9-17/h3-6,10-11H,7-8H2,1-2H3. The zero-order valence-electron chi connectivity index (χ0n) is 11.0. The Morgan fingerprint density at radius 2 is 1.84 bits per heavy atom. The quantitative estimate of drug-likeness (QED) is 0.602. The molecule has 5 heteroatoms. The average Bonchev–Trinajstić information content (AvgIpc) is 2.38. The number of hydrogen-bond acceptors (Lipinski definition) is 4. The number of isocyanates is 1. The molecule has 1 saturated heterocycles. The van der Waals surface area contributed by atoms with E-state index in [1.165, 1.54) is 6.08 Å². The van der Waals surface area contributed by atoms with Crippen LogP contribution < -0.4 is 0 Å². The molecule has 1 fully saturated rings. The molecule has 0 radical (unpaired) electrons. The van der Waals surface area contributed by atoms with Crippen molar-refractivity contribution < 1.29 is 14.3 Å². The summed E-state index contributed by atoms with van der Waals surface area (Å²) in [4.78, 5) is 27.7. The van der Waals surface area contributed by atoms with Gasteiger partial charge in [0.1, 0.15) is 0 Å². The Hall–Kier alpha value is -1.97. The minimum absolute atomic E-state index is 0.0244.